The van der Waals surface area contributed by atoms with Gasteiger partial charge in [0.15, 0.2) is 6.04 Å². The molecule has 1 aromatic heterocycles. The topological polar surface area (TPSA) is 168 Å². The van der Waals surface area contributed by atoms with Gasteiger partial charge >= 0.3 is 12.1 Å². The van der Waals surface area contributed by atoms with Crippen molar-refractivity contribution >= 4 is 40.7 Å². The predicted octanol–water partition coefficient (Wildman–Crippen LogP) is 4.84. The monoisotopic (exact) mass is 813 g/mol. The van der Waals surface area contributed by atoms with Crippen LogP contribution < -0.4 is 16.0 Å². The number of aliphatic carboxylic acids is 1. The molecule has 4 atom stereocenters. The highest BCUT2D eigenvalue weighted by molar-refractivity contribution is 5.94. The number of hydrogen-bond acceptors (Lipinski definition) is 7. The smallest absolute Gasteiger partial charge is 0.407 e. The third kappa shape index (κ3) is 8.23. The van der Waals surface area contributed by atoms with Gasteiger partial charge in [0.05, 0.1) is 6.10 Å². The first kappa shape index (κ1) is 40.0. The maximum atomic E-state index is 14.7. The standard InChI is InChI=1S/C46H44FN5O8/c1-2-17-51-24-29(35-22-30(47)14-15-39(35)51)21-38-44(55)52-18-16-40(42(52)45(56)57)59-26-41(53)48-23-28-9-7-8-27(19-28)20-37(43(54)49-38)50-46(58)60-25-36-33-12-5-3-10-31(33)32-11-4-6-13-34(32)36/h2-15,19,22,24,36-38,40,42H,1,16-18,20-21,23,25-26H2,(H,48,53)(H,49,54)(H,50,58)(H,56,57)/t37-,38-,40-,42?/m0/s1. The lowest BCUT2D eigenvalue weighted by Gasteiger charge is -2.30. The van der Waals surface area contributed by atoms with Crippen molar-refractivity contribution in [3.8, 4) is 11.1 Å². The van der Waals surface area contributed by atoms with Crippen LogP contribution in [0.4, 0.5) is 9.18 Å². The normalized spacial score (nSPS) is 20.8. The summed E-state index contributed by atoms with van der Waals surface area (Å²) in [7, 11) is 0. The zero-order valence-electron chi connectivity index (χ0n) is 32.6. The van der Waals surface area contributed by atoms with Crippen molar-refractivity contribution in [3.63, 3.8) is 0 Å². The Morgan fingerprint density at radius 3 is 2.43 bits per heavy atom. The molecule has 3 heterocycles. The van der Waals surface area contributed by atoms with Crippen molar-refractivity contribution in [3.05, 3.63) is 143 Å². The molecular formula is C46H44FN5O8. The summed E-state index contributed by atoms with van der Waals surface area (Å²) in [6, 6.07) is 23.1. The van der Waals surface area contributed by atoms with Crippen LogP contribution in [0, 0.1) is 5.82 Å². The van der Waals surface area contributed by atoms with Crippen LogP contribution >= 0.6 is 0 Å². The molecule has 2 aliphatic heterocycles. The van der Waals surface area contributed by atoms with E-state index >= 15 is 0 Å². The van der Waals surface area contributed by atoms with Gasteiger partial charge in [0.1, 0.15) is 31.1 Å². The minimum absolute atomic E-state index is 0.00933. The van der Waals surface area contributed by atoms with Gasteiger partial charge in [-0.05, 0) is 63.6 Å². The fourth-order valence-electron chi connectivity index (χ4n) is 8.69. The zero-order valence-corrected chi connectivity index (χ0v) is 32.6. The molecule has 4 amide bonds. The summed E-state index contributed by atoms with van der Waals surface area (Å²) in [6.45, 7) is 3.83. The Hall–Kier alpha value is -6.80. The highest BCUT2D eigenvalue weighted by Crippen LogP contribution is 2.44. The molecule has 1 saturated heterocycles. The van der Waals surface area contributed by atoms with Crippen LogP contribution in [-0.2, 0) is 54.6 Å². The van der Waals surface area contributed by atoms with Crippen molar-refractivity contribution in [2.45, 2.75) is 62.5 Å². The highest BCUT2D eigenvalue weighted by Gasteiger charge is 2.45. The number of carboxylic acids is 1. The SMILES string of the molecule is C=CCn1cc(C[C@@H]2NC(=O)[C@@H](NC(=O)OCC3c4ccccc4-c4ccccc43)Cc3cccc(c3)CNC(=O)CO[C@H]3CCN(C2=O)C3C(=O)O)c2cc(F)ccc21. The number of aromatic nitrogens is 1. The zero-order chi connectivity index (χ0) is 41.9. The minimum atomic E-state index is -1.47. The molecule has 1 aliphatic carbocycles. The van der Waals surface area contributed by atoms with Crippen LogP contribution in [0.25, 0.3) is 22.0 Å². The Labute approximate surface area is 345 Å². The fraction of sp³-hybridized carbons (Fsp3) is 0.283. The molecule has 4 aromatic carbocycles. The molecule has 1 fully saturated rings. The average molecular weight is 814 g/mol. The summed E-state index contributed by atoms with van der Waals surface area (Å²) < 4.78 is 28.2. The van der Waals surface area contributed by atoms with Crippen molar-refractivity contribution in [2.24, 2.45) is 0 Å². The summed E-state index contributed by atoms with van der Waals surface area (Å²) in [6.07, 6.45) is 1.48. The lowest BCUT2D eigenvalue weighted by Crippen LogP contribution is -2.57. The van der Waals surface area contributed by atoms with Crippen molar-refractivity contribution in [2.75, 3.05) is 19.8 Å². The molecule has 8 rings (SSSR count). The number of alkyl carbamates (subject to hydrolysis) is 1. The molecule has 60 heavy (non-hydrogen) atoms. The number of hydrogen-bond donors (Lipinski definition) is 4. The van der Waals surface area contributed by atoms with Crippen LogP contribution in [0.3, 0.4) is 0 Å². The van der Waals surface area contributed by atoms with Gasteiger partial charge in [0.25, 0.3) is 0 Å². The summed E-state index contributed by atoms with van der Waals surface area (Å²) in [5, 5.41) is 19.2. The van der Waals surface area contributed by atoms with Gasteiger partial charge < -0.3 is 40.0 Å². The second kappa shape index (κ2) is 17.2. The van der Waals surface area contributed by atoms with Gasteiger partial charge in [-0.25, -0.2) is 14.0 Å². The molecule has 308 valence electrons. The molecule has 0 saturated carbocycles. The third-order valence-corrected chi connectivity index (χ3v) is 11.5. The maximum Gasteiger partial charge on any atom is 0.407 e. The van der Waals surface area contributed by atoms with E-state index < -0.39 is 66.4 Å². The molecule has 4 N–H and O–H groups in total. The quantitative estimate of drug-likeness (QED) is 0.162. The first-order chi connectivity index (χ1) is 29.1. The van der Waals surface area contributed by atoms with E-state index in [1.54, 1.807) is 42.6 Å². The molecule has 5 aromatic rings. The lowest BCUT2D eigenvalue weighted by atomic mass is 9.98. The Morgan fingerprint density at radius 2 is 1.70 bits per heavy atom. The van der Waals surface area contributed by atoms with E-state index in [4.69, 9.17) is 9.47 Å². The van der Waals surface area contributed by atoms with Crippen LogP contribution in [0.15, 0.2) is 110 Å². The first-order valence-electron chi connectivity index (χ1n) is 19.9. The highest BCUT2D eigenvalue weighted by atomic mass is 19.1. The van der Waals surface area contributed by atoms with Gasteiger partial charge in [-0.2, -0.15) is 0 Å². The Balaban J connectivity index is 1.12. The Kier molecular flexibility index (Phi) is 11.5. The first-order valence-corrected chi connectivity index (χ1v) is 19.9. The van der Waals surface area contributed by atoms with Crippen LogP contribution in [0.5, 0.6) is 0 Å². The molecule has 0 radical (unpaired) electrons. The van der Waals surface area contributed by atoms with E-state index in [2.05, 4.69) is 22.5 Å². The number of nitrogens with zero attached hydrogens (tertiary/aromatic N) is 2. The van der Waals surface area contributed by atoms with E-state index in [9.17, 15) is 33.5 Å². The number of amides is 4. The largest absolute Gasteiger partial charge is 0.480 e. The summed E-state index contributed by atoms with van der Waals surface area (Å²) >= 11 is 0. The molecule has 13 nitrogen and oxygen atoms in total. The number of carbonyl (C=O) groups is 5. The predicted molar refractivity (Wildman–Crippen MR) is 219 cm³/mol. The molecule has 14 heteroatoms. The van der Waals surface area contributed by atoms with Gasteiger partial charge in [-0.1, -0.05) is 78.9 Å². The number of allylic oxidation sites excluding steroid dienone is 1. The fourth-order valence-corrected chi connectivity index (χ4v) is 8.69. The van der Waals surface area contributed by atoms with Crippen LogP contribution in [0.1, 0.15) is 40.2 Å². The molecule has 3 aliphatic rings. The molecule has 4 bridgehead atoms. The van der Waals surface area contributed by atoms with E-state index in [0.29, 0.717) is 34.1 Å². The summed E-state index contributed by atoms with van der Waals surface area (Å²) in [4.78, 5) is 69.7. The van der Waals surface area contributed by atoms with Gasteiger partial charge in [0, 0.05) is 55.5 Å². The second-order valence-corrected chi connectivity index (χ2v) is 15.3. The number of carbonyl (C=O) groups excluding carboxylic acids is 4. The van der Waals surface area contributed by atoms with E-state index in [1.807, 2.05) is 53.1 Å². The van der Waals surface area contributed by atoms with E-state index in [0.717, 1.165) is 27.2 Å². The summed E-state index contributed by atoms with van der Waals surface area (Å²) in [5.41, 5.74) is 6.66. The van der Waals surface area contributed by atoms with E-state index in [1.165, 1.54) is 12.1 Å². The number of fused-ring (bicyclic) bond motifs is 8. The number of ether oxygens (including phenoxy) is 2. The van der Waals surface area contributed by atoms with Crippen molar-refractivity contribution in [1.82, 2.24) is 25.4 Å². The Bertz CT molecular complexity index is 2460. The third-order valence-electron chi connectivity index (χ3n) is 11.5. The van der Waals surface area contributed by atoms with Crippen LogP contribution in [0.2, 0.25) is 0 Å². The van der Waals surface area contributed by atoms with E-state index in [-0.39, 0.29) is 44.9 Å². The van der Waals surface area contributed by atoms with Gasteiger partial charge in [-0.3, -0.25) is 14.4 Å². The summed E-state index contributed by atoms with van der Waals surface area (Å²) in [5.74, 6) is -4.02. The molecule has 1 unspecified atom stereocenters. The Morgan fingerprint density at radius 1 is 0.967 bits per heavy atom. The van der Waals surface area contributed by atoms with Gasteiger partial charge in [-0.15, -0.1) is 6.58 Å². The number of carboxylic acid groups (broad SMARTS) is 1. The minimum Gasteiger partial charge on any atom is -0.480 e. The molecule has 0 spiro atoms. The lowest BCUT2D eigenvalue weighted by molar-refractivity contribution is -0.154. The van der Waals surface area contributed by atoms with Crippen LogP contribution in [-0.4, -0.2) is 88.3 Å². The van der Waals surface area contributed by atoms with Crippen molar-refractivity contribution in [1.29, 1.82) is 0 Å². The average Bonchev–Trinajstić information content (AvgIpc) is 3.92. The van der Waals surface area contributed by atoms with Crippen molar-refractivity contribution < 1.29 is 42.9 Å². The second-order valence-electron chi connectivity index (χ2n) is 15.3. The number of rotatable bonds is 8. The maximum absolute atomic E-state index is 14.7. The number of nitrogens with one attached hydrogen (secondary N) is 3. The number of halogens is 1. The molecular weight excluding hydrogens is 770 g/mol. The number of benzene rings is 4. The van der Waals surface area contributed by atoms with Gasteiger partial charge in [0.2, 0.25) is 17.7 Å².